The minimum atomic E-state index is -4.34. The molecule has 0 rings (SSSR count). The highest BCUT2D eigenvalue weighted by Crippen LogP contribution is 2.43. The Morgan fingerprint density at radius 2 is 0.965 bits per heavy atom. The molecule has 8 nitrogen and oxygen atoms in total. The summed E-state index contributed by atoms with van der Waals surface area (Å²) < 4.78 is 23.5. The number of hydrogen-bond acceptors (Lipinski definition) is 5. The van der Waals surface area contributed by atoms with Crippen LogP contribution in [0.2, 0.25) is 0 Å². The summed E-state index contributed by atoms with van der Waals surface area (Å²) in [6.07, 6.45) is 49.4. The predicted octanol–water partition coefficient (Wildman–Crippen LogP) is 13.5. The molecule has 3 atom stereocenters. The van der Waals surface area contributed by atoms with Crippen LogP contribution in [0.1, 0.15) is 213 Å². The van der Waals surface area contributed by atoms with Gasteiger partial charge in [0.05, 0.1) is 39.9 Å². The Morgan fingerprint density at radius 1 is 0.579 bits per heavy atom. The maximum absolute atomic E-state index is 12.9. The van der Waals surface area contributed by atoms with E-state index < -0.39 is 20.0 Å². The minimum Gasteiger partial charge on any atom is -0.387 e. The third-order valence-electron chi connectivity index (χ3n) is 10.6. The average molecular weight is 826 g/mol. The number of aliphatic hydroxyl groups is 1. The van der Waals surface area contributed by atoms with Crippen LogP contribution >= 0.6 is 7.82 Å². The predicted molar refractivity (Wildman–Crippen MR) is 244 cm³/mol. The number of likely N-dealkylation sites (N-methyl/N-ethyl adjacent to an activating group) is 1. The van der Waals surface area contributed by atoms with E-state index in [1.54, 1.807) is 6.08 Å². The number of quaternary nitrogens is 1. The Labute approximate surface area is 353 Å². The van der Waals surface area contributed by atoms with Crippen molar-refractivity contribution in [2.24, 2.45) is 0 Å². The molecule has 9 heteroatoms. The van der Waals surface area contributed by atoms with Crippen molar-refractivity contribution >= 4 is 13.7 Å². The lowest BCUT2D eigenvalue weighted by atomic mass is 10.0. The molecule has 0 aromatic rings. The van der Waals surface area contributed by atoms with Gasteiger partial charge in [-0.25, -0.2) is 4.57 Å². The van der Waals surface area contributed by atoms with E-state index in [9.17, 15) is 19.4 Å². The molecule has 0 aliphatic rings. The lowest BCUT2D eigenvalue weighted by molar-refractivity contribution is -0.870. The zero-order valence-corrected chi connectivity index (χ0v) is 39.0. The number of rotatable bonds is 43. The molecule has 0 radical (unpaired) electrons. The molecule has 0 heterocycles. The van der Waals surface area contributed by atoms with Gasteiger partial charge in [0, 0.05) is 6.42 Å². The fraction of sp³-hybridized carbons (Fsp3) is 0.854. The summed E-state index contributed by atoms with van der Waals surface area (Å²) in [5.41, 5.74) is 0. The van der Waals surface area contributed by atoms with Crippen molar-refractivity contribution in [3.8, 4) is 0 Å². The first-order valence-electron chi connectivity index (χ1n) is 23.9. The summed E-state index contributed by atoms with van der Waals surface area (Å²) in [5, 5.41) is 13.8. The van der Waals surface area contributed by atoms with E-state index in [1.165, 1.54) is 154 Å². The van der Waals surface area contributed by atoms with Crippen molar-refractivity contribution in [2.75, 3.05) is 40.9 Å². The summed E-state index contributed by atoms with van der Waals surface area (Å²) >= 11 is 0. The van der Waals surface area contributed by atoms with E-state index in [1.807, 2.05) is 27.2 Å². The van der Waals surface area contributed by atoms with Gasteiger partial charge in [0.25, 0.3) is 0 Å². The molecular formula is C48H94N2O6P+. The lowest BCUT2D eigenvalue weighted by Crippen LogP contribution is -2.45. The lowest BCUT2D eigenvalue weighted by Gasteiger charge is -2.25. The fourth-order valence-electron chi connectivity index (χ4n) is 6.76. The van der Waals surface area contributed by atoms with Crippen LogP contribution in [0.15, 0.2) is 36.5 Å². The number of phosphoric ester groups is 1. The van der Waals surface area contributed by atoms with E-state index >= 15 is 0 Å². The van der Waals surface area contributed by atoms with Crippen molar-refractivity contribution in [2.45, 2.75) is 225 Å². The first-order valence-corrected chi connectivity index (χ1v) is 25.4. The molecule has 0 saturated carbocycles. The number of unbranched alkanes of at least 4 members (excludes halogenated alkanes) is 26. The molecule has 0 aromatic heterocycles. The highest BCUT2D eigenvalue weighted by molar-refractivity contribution is 7.47. The third kappa shape index (κ3) is 42.6. The van der Waals surface area contributed by atoms with Crippen LogP contribution in [0.25, 0.3) is 0 Å². The summed E-state index contributed by atoms with van der Waals surface area (Å²) in [5.74, 6) is -0.192. The van der Waals surface area contributed by atoms with Gasteiger partial charge in [0.1, 0.15) is 13.2 Å². The molecule has 1 amide bonds. The SMILES string of the molecule is CCCCCCCC/C=C/CC/C=C/C(O)C(COP(=O)(O)OCC[N+](C)(C)C)NC(=O)CCCCCCCCC/C=C\CCCCCCCCCCCCCC. The van der Waals surface area contributed by atoms with E-state index in [-0.39, 0.29) is 19.1 Å². The first-order chi connectivity index (χ1) is 27.5. The third-order valence-corrected chi connectivity index (χ3v) is 11.6. The largest absolute Gasteiger partial charge is 0.472 e. The number of hydrogen-bond donors (Lipinski definition) is 3. The number of amides is 1. The van der Waals surface area contributed by atoms with Gasteiger partial charge in [-0.2, -0.15) is 0 Å². The van der Waals surface area contributed by atoms with E-state index in [0.29, 0.717) is 17.4 Å². The van der Waals surface area contributed by atoms with Gasteiger partial charge in [-0.05, 0) is 57.8 Å². The smallest absolute Gasteiger partial charge is 0.387 e. The second kappa shape index (κ2) is 40.1. The van der Waals surface area contributed by atoms with Gasteiger partial charge in [-0.15, -0.1) is 0 Å². The van der Waals surface area contributed by atoms with E-state index in [2.05, 4.69) is 43.5 Å². The standard InChI is InChI=1S/C48H93N2O6P/c1-6-8-10-12-14-16-18-20-21-22-23-24-25-26-27-28-29-30-32-34-36-38-40-42-48(52)49-46(45-56-57(53,54)55-44-43-50(3,4)5)47(51)41-39-37-35-33-31-19-17-15-13-11-9-7-2/h26-27,31,33,39,41,46-47,51H,6-25,28-30,32,34-38,40,42-45H2,1-5H3,(H-,49,52,53,54)/p+1/b27-26-,33-31+,41-39+. The molecule has 3 unspecified atom stereocenters. The van der Waals surface area contributed by atoms with Crippen LogP contribution in [-0.4, -0.2) is 73.4 Å². The highest BCUT2D eigenvalue weighted by atomic mass is 31.2. The maximum atomic E-state index is 12.9. The van der Waals surface area contributed by atoms with Crippen molar-refractivity contribution in [1.29, 1.82) is 0 Å². The monoisotopic (exact) mass is 826 g/mol. The average Bonchev–Trinajstić information content (AvgIpc) is 3.16. The zero-order valence-electron chi connectivity index (χ0n) is 38.1. The second-order valence-electron chi connectivity index (χ2n) is 17.5. The molecule has 0 aliphatic carbocycles. The topological polar surface area (TPSA) is 105 Å². The van der Waals surface area contributed by atoms with Crippen molar-refractivity contribution in [3.63, 3.8) is 0 Å². The summed E-state index contributed by atoms with van der Waals surface area (Å²) in [6, 6.07) is -0.863. The number of nitrogens with one attached hydrogen (secondary N) is 1. The molecule has 0 saturated heterocycles. The minimum absolute atomic E-state index is 0.0553. The van der Waals surface area contributed by atoms with Gasteiger partial charge < -0.3 is 19.8 Å². The Balaban J connectivity index is 4.29. The maximum Gasteiger partial charge on any atom is 0.472 e. The molecular weight excluding hydrogens is 732 g/mol. The zero-order chi connectivity index (χ0) is 42.1. The second-order valence-corrected chi connectivity index (χ2v) is 18.9. The molecule has 3 N–H and O–H groups in total. The van der Waals surface area contributed by atoms with Crippen molar-refractivity contribution in [3.05, 3.63) is 36.5 Å². The Morgan fingerprint density at radius 3 is 1.40 bits per heavy atom. The van der Waals surface area contributed by atoms with Gasteiger partial charge >= 0.3 is 7.82 Å². The Hall–Kier alpha value is -1.28. The highest BCUT2D eigenvalue weighted by Gasteiger charge is 2.27. The first kappa shape index (κ1) is 55.7. The summed E-state index contributed by atoms with van der Waals surface area (Å²) in [4.78, 5) is 23.1. The van der Waals surface area contributed by atoms with E-state index in [4.69, 9.17) is 9.05 Å². The number of phosphoric acid groups is 1. The van der Waals surface area contributed by atoms with Crippen LogP contribution in [0, 0.1) is 0 Å². The molecule has 0 spiro atoms. The van der Waals surface area contributed by atoms with Gasteiger partial charge in [-0.1, -0.05) is 185 Å². The quantitative estimate of drug-likeness (QED) is 0.0245. The van der Waals surface area contributed by atoms with Crippen LogP contribution < -0.4 is 5.32 Å². The van der Waals surface area contributed by atoms with Crippen LogP contribution in [0.4, 0.5) is 0 Å². The van der Waals surface area contributed by atoms with E-state index in [0.717, 1.165) is 38.5 Å². The Bertz CT molecular complexity index is 1030. The molecule has 336 valence electrons. The normalized spacial score (nSPS) is 14.6. The number of carbonyl (C=O) groups is 1. The summed E-state index contributed by atoms with van der Waals surface area (Å²) in [7, 11) is 1.55. The molecule has 0 bridgehead atoms. The van der Waals surface area contributed by atoms with Crippen LogP contribution in [0.3, 0.4) is 0 Å². The molecule has 0 fully saturated rings. The van der Waals surface area contributed by atoms with Crippen LogP contribution in [-0.2, 0) is 18.4 Å². The molecule has 0 aliphatic heterocycles. The molecule has 57 heavy (non-hydrogen) atoms. The number of aliphatic hydroxyl groups excluding tert-OH is 1. The fourth-order valence-corrected chi connectivity index (χ4v) is 7.49. The number of allylic oxidation sites excluding steroid dienone is 5. The van der Waals surface area contributed by atoms with Crippen LogP contribution in [0.5, 0.6) is 0 Å². The van der Waals surface area contributed by atoms with Gasteiger partial charge in [0.15, 0.2) is 0 Å². The Kier molecular flexibility index (Phi) is 39.2. The number of carbonyl (C=O) groups excluding carboxylic acids is 1. The van der Waals surface area contributed by atoms with Gasteiger partial charge in [-0.3, -0.25) is 13.8 Å². The number of nitrogens with zero attached hydrogens (tertiary/aromatic N) is 1. The van der Waals surface area contributed by atoms with Gasteiger partial charge in [0.2, 0.25) is 5.91 Å². The van der Waals surface area contributed by atoms with Crippen molar-refractivity contribution < 1.29 is 32.9 Å². The van der Waals surface area contributed by atoms with Crippen molar-refractivity contribution in [1.82, 2.24) is 5.32 Å². The molecule has 0 aromatic carbocycles. The summed E-state index contributed by atoms with van der Waals surface area (Å²) in [6.45, 7) is 4.78.